The number of aliphatic imine (C=N–C) groups is 1. The molecule has 92 valence electrons. The first kappa shape index (κ1) is 11.9. The molecule has 1 aliphatic heterocycles. The van der Waals surface area contributed by atoms with E-state index in [1.807, 2.05) is 30.3 Å². The van der Waals surface area contributed by atoms with Crippen LogP contribution in [-0.2, 0) is 4.74 Å². The predicted octanol–water partition coefficient (Wildman–Crippen LogP) is 1.74. The lowest BCUT2D eigenvalue weighted by Crippen LogP contribution is -2.52. The molecule has 1 heterocycles. The second-order valence-electron chi connectivity index (χ2n) is 4.84. The van der Waals surface area contributed by atoms with Crippen LogP contribution in [0.2, 0.25) is 0 Å². The number of ether oxygens (including phenoxy) is 1. The lowest BCUT2D eigenvalue weighted by atomic mass is 10.1. The molecule has 4 nitrogen and oxygen atoms in total. The summed E-state index contributed by atoms with van der Waals surface area (Å²) in [5.74, 6) is 0.563. The van der Waals surface area contributed by atoms with Gasteiger partial charge in [0, 0.05) is 13.1 Å². The van der Waals surface area contributed by atoms with Crippen molar-refractivity contribution in [1.29, 1.82) is 0 Å². The van der Waals surface area contributed by atoms with Gasteiger partial charge in [0.05, 0.1) is 17.9 Å². The fourth-order valence-corrected chi connectivity index (χ4v) is 1.92. The van der Waals surface area contributed by atoms with Gasteiger partial charge < -0.3 is 15.4 Å². The van der Waals surface area contributed by atoms with Crippen molar-refractivity contribution in [1.82, 2.24) is 4.90 Å². The fourth-order valence-electron chi connectivity index (χ4n) is 1.92. The van der Waals surface area contributed by atoms with Crippen molar-refractivity contribution in [2.75, 3.05) is 19.7 Å². The first-order valence-electron chi connectivity index (χ1n) is 5.85. The molecule has 2 N–H and O–H groups in total. The molecule has 0 aliphatic carbocycles. The van der Waals surface area contributed by atoms with Crippen molar-refractivity contribution < 1.29 is 4.74 Å². The average molecular weight is 233 g/mol. The van der Waals surface area contributed by atoms with E-state index in [9.17, 15) is 0 Å². The molecule has 1 aliphatic rings. The van der Waals surface area contributed by atoms with Crippen LogP contribution >= 0.6 is 0 Å². The van der Waals surface area contributed by atoms with Crippen LogP contribution < -0.4 is 5.73 Å². The van der Waals surface area contributed by atoms with Gasteiger partial charge in [-0.05, 0) is 26.0 Å². The Morgan fingerprint density at radius 2 is 2.06 bits per heavy atom. The summed E-state index contributed by atoms with van der Waals surface area (Å²) >= 11 is 0. The van der Waals surface area contributed by atoms with Gasteiger partial charge in [-0.2, -0.15) is 0 Å². The van der Waals surface area contributed by atoms with Crippen LogP contribution in [-0.4, -0.2) is 36.2 Å². The fraction of sp³-hybridized carbons (Fsp3) is 0.462. The number of rotatable bonds is 1. The van der Waals surface area contributed by atoms with Crippen LogP contribution in [0.3, 0.4) is 0 Å². The Kier molecular flexibility index (Phi) is 3.33. The SMILES string of the molecule is CC1(C)CN(C(N)=Nc2ccccc2)CCO1. The van der Waals surface area contributed by atoms with Crippen molar-refractivity contribution >= 4 is 11.6 Å². The minimum absolute atomic E-state index is 0.158. The Morgan fingerprint density at radius 1 is 1.35 bits per heavy atom. The summed E-state index contributed by atoms with van der Waals surface area (Å²) in [7, 11) is 0. The van der Waals surface area contributed by atoms with Gasteiger partial charge in [-0.25, -0.2) is 4.99 Å². The Balaban J connectivity index is 2.09. The van der Waals surface area contributed by atoms with Gasteiger partial charge in [0.25, 0.3) is 0 Å². The molecular formula is C13H19N3O. The van der Waals surface area contributed by atoms with E-state index in [2.05, 4.69) is 23.7 Å². The van der Waals surface area contributed by atoms with Gasteiger partial charge in [0.15, 0.2) is 5.96 Å². The molecule has 0 unspecified atom stereocenters. The third-order valence-electron chi connectivity index (χ3n) is 2.75. The smallest absolute Gasteiger partial charge is 0.196 e. The second-order valence-corrected chi connectivity index (χ2v) is 4.84. The number of nitrogens with zero attached hydrogens (tertiary/aromatic N) is 2. The largest absolute Gasteiger partial charge is 0.372 e. The van der Waals surface area contributed by atoms with Crippen molar-refractivity contribution in [3.05, 3.63) is 30.3 Å². The molecule has 0 amide bonds. The number of guanidine groups is 1. The molecule has 0 aromatic heterocycles. The third kappa shape index (κ3) is 3.20. The van der Waals surface area contributed by atoms with E-state index in [0.29, 0.717) is 12.6 Å². The lowest BCUT2D eigenvalue weighted by molar-refractivity contribution is -0.0680. The van der Waals surface area contributed by atoms with Crippen LogP contribution in [0.15, 0.2) is 35.3 Å². The number of hydrogen-bond donors (Lipinski definition) is 1. The highest BCUT2D eigenvalue weighted by Gasteiger charge is 2.28. The molecule has 2 rings (SSSR count). The van der Waals surface area contributed by atoms with Gasteiger partial charge in [-0.3, -0.25) is 0 Å². The quantitative estimate of drug-likeness (QED) is 0.594. The summed E-state index contributed by atoms with van der Waals surface area (Å²) in [6.07, 6.45) is 0. The van der Waals surface area contributed by atoms with E-state index in [1.165, 1.54) is 0 Å². The summed E-state index contributed by atoms with van der Waals surface area (Å²) in [5.41, 5.74) is 6.75. The minimum Gasteiger partial charge on any atom is -0.372 e. The molecule has 0 atom stereocenters. The zero-order valence-corrected chi connectivity index (χ0v) is 10.4. The van der Waals surface area contributed by atoms with Crippen LogP contribution in [0.4, 0.5) is 5.69 Å². The maximum atomic E-state index is 6.02. The predicted molar refractivity (Wildman–Crippen MR) is 69.3 cm³/mol. The van der Waals surface area contributed by atoms with E-state index in [4.69, 9.17) is 10.5 Å². The highest BCUT2D eigenvalue weighted by Crippen LogP contribution is 2.17. The minimum atomic E-state index is -0.158. The molecule has 0 radical (unpaired) electrons. The van der Waals surface area contributed by atoms with Crippen LogP contribution in [0.5, 0.6) is 0 Å². The summed E-state index contributed by atoms with van der Waals surface area (Å²) < 4.78 is 5.64. The summed E-state index contributed by atoms with van der Waals surface area (Å²) in [6, 6.07) is 9.76. The Labute approximate surface area is 102 Å². The van der Waals surface area contributed by atoms with Gasteiger partial charge in [-0.1, -0.05) is 18.2 Å². The highest BCUT2D eigenvalue weighted by atomic mass is 16.5. The van der Waals surface area contributed by atoms with Gasteiger partial charge >= 0.3 is 0 Å². The first-order chi connectivity index (χ1) is 8.07. The standard InChI is InChI=1S/C13H19N3O/c1-13(2)10-16(8-9-17-13)12(14)15-11-6-4-3-5-7-11/h3-7H,8-10H2,1-2H3,(H2,14,15). The van der Waals surface area contributed by atoms with Crippen molar-refractivity contribution in [3.8, 4) is 0 Å². The van der Waals surface area contributed by atoms with E-state index in [-0.39, 0.29) is 5.60 Å². The third-order valence-corrected chi connectivity index (χ3v) is 2.75. The topological polar surface area (TPSA) is 50.8 Å². The molecule has 0 saturated carbocycles. The van der Waals surface area contributed by atoms with E-state index in [1.54, 1.807) is 0 Å². The molecule has 1 saturated heterocycles. The molecule has 4 heteroatoms. The summed E-state index contributed by atoms with van der Waals surface area (Å²) in [6.45, 7) is 6.39. The first-order valence-corrected chi connectivity index (χ1v) is 5.85. The molecule has 0 bridgehead atoms. The van der Waals surface area contributed by atoms with Crippen LogP contribution in [0.1, 0.15) is 13.8 Å². The lowest BCUT2D eigenvalue weighted by Gasteiger charge is -2.38. The number of morpholine rings is 1. The Hall–Kier alpha value is -1.55. The normalized spacial score (nSPS) is 20.4. The molecule has 1 aromatic rings. The van der Waals surface area contributed by atoms with E-state index < -0.39 is 0 Å². The zero-order chi connectivity index (χ0) is 12.3. The second kappa shape index (κ2) is 4.75. The molecule has 1 aromatic carbocycles. The Morgan fingerprint density at radius 3 is 2.71 bits per heavy atom. The van der Waals surface area contributed by atoms with Crippen molar-refractivity contribution in [2.45, 2.75) is 19.4 Å². The summed E-state index contributed by atoms with van der Waals surface area (Å²) in [4.78, 5) is 6.48. The molecular weight excluding hydrogens is 214 g/mol. The van der Waals surface area contributed by atoms with Gasteiger partial charge in [0.2, 0.25) is 0 Å². The van der Waals surface area contributed by atoms with Gasteiger partial charge in [0.1, 0.15) is 0 Å². The molecule has 1 fully saturated rings. The average Bonchev–Trinajstić information content (AvgIpc) is 2.29. The number of para-hydroxylation sites is 1. The van der Waals surface area contributed by atoms with E-state index >= 15 is 0 Å². The van der Waals surface area contributed by atoms with Crippen LogP contribution in [0.25, 0.3) is 0 Å². The molecule has 17 heavy (non-hydrogen) atoms. The number of nitrogens with two attached hydrogens (primary N) is 1. The van der Waals surface area contributed by atoms with Crippen molar-refractivity contribution in [3.63, 3.8) is 0 Å². The maximum absolute atomic E-state index is 6.02. The van der Waals surface area contributed by atoms with E-state index in [0.717, 1.165) is 18.8 Å². The monoisotopic (exact) mass is 233 g/mol. The highest BCUT2D eigenvalue weighted by molar-refractivity contribution is 5.81. The molecule has 0 spiro atoms. The zero-order valence-electron chi connectivity index (χ0n) is 10.4. The van der Waals surface area contributed by atoms with Gasteiger partial charge in [-0.15, -0.1) is 0 Å². The van der Waals surface area contributed by atoms with Crippen LogP contribution in [0, 0.1) is 0 Å². The number of benzene rings is 1. The maximum Gasteiger partial charge on any atom is 0.196 e. The van der Waals surface area contributed by atoms with Crippen molar-refractivity contribution in [2.24, 2.45) is 10.7 Å². The number of hydrogen-bond acceptors (Lipinski definition) is 2. The Bertz CT molecular complexity index is 400. The summed E-state index contributed by atoms with van der Waals surface area (Å²) in [5, 5.41) is 0.